The average molecular weight is 308 g/mol. The van der Waals surface area contributed by atoms with Crippen molar-refractivity contribution in [3.05, 3.63) is 52.2 Å². The first-order valence-electron chi connectivity index (χ1n) is 6.89. The summed E-state index contributed by atoms with van der Waals surface area (Å²) in [6, 6.07) is 6.12. The number of halogens is 1. The van der Waals surface area contributed by atoms with Crippen molar-refractivity contribution in [1.82, 2.24) is 9.88 Å². The standard InChI is InChI=1S/C15H17FN2O2S/c16-12-3-1-2-11(8-12)13(19)9-18-5-6-20-14(10-18)15-17-4-7-21-15/h1-4,7-8,13-14,19H,5-6,9-10H2/t13-,14-/m1/s1. The molecular weight excluding hydrogens is 291 g/mol. The smallest absolute Gasteiger partial charge is 0.123 e. The molecule has 1 aliphatic heterocycles. The number of aromatic nitrogens is 1. The zero-order valence-electron chi connectivity index (χ0n) is 11.5. The van der Waals surface area contributed by atoms with Gasteiger partial charge in [0.2, 0.25) is 0 Å². The van der Waals surface area contributed by atoms with Gasteiger partial charge in [-0.2, -0.15) is 0 Å². The molecule has 1 saturated heterocycles. The van der Waals surface area contributed by atoms with Crippen LogP contribution in [0.2, 0.25) is 0 Å². The van der Waals surface area contributed by atoms with Gasteiger partial charge in [-0.15, -0.1) is 11.3 Å². The number of rotatable bonds is 4. The van der Waals surface area contributed by atoms with E-state index in [1.165, 1.54) is 12.1 Å². The molecule has 2 heterocycles. The first-order valence-corrected chi connectivity index (χ1v) is 7.77. The van der Waals surface area contributed by atoms with Crippen LogP contribution in [0, 0.1) is 5.82 Å². The third kappa shape index (κ3) is 3.65. The van der Waals surface area contributed by atoms with Gasteiger partial charge < -0.3 is 9.84 Å². The average Bonchev–Trinajstić information content (AvgIpc) is 3.02. The topological polar surface area (TPSA) is 45.6 Å². The monoisotopic (exact) mass is 308 g/mol. The van der Waals surface area contributed by atoms with Gasteiger partial charge in [0.05, 0.1) is 12.7 Å². The van der Waals surface area contributed by atoms with Crippen LogP contribution in [0.5, 0.6) is 0 Å². The highest BCUT2D eigenvalue weighted by Crippen LogP contribution is 2.25. The normalized spacial score (nSPS) is 21.3. The van der Waals surface area contributed by atoms with E-state index in [0.29, 0.717) is 25.3 Å². The second-order valence-electron chi connectivity index (χ2n) is 5.06. The van der Waals surface area contributed by atoms with Crippen LogP contribution in [-0.2, 0) is 4.74 Å². The Kier molecular flexibility index (Phi) is 4.60. The number of aliphatic hydroxyl groups is 1. The molecule has 0 aliphatic carbocycles. The van der Waals surface area contributed by atoms with Gasteiger partial charge >= 0.3 is 0 Å². The summed E-state index contributed by atoms with van der Waals surface area (Å²) in [5.74, 6) is -0.325. The van der Waals surface area contributed by atoms with Crippen LogP contribution in [0.4, 0.5) is 4.39 Å². The van der Waals surface area contributed by atoms with Crippen molar-refractivity contribution in [1.29, 1.82) is 0 Å². The first-order chi connectivity index (χ1) is 10.2. The molecule has 0 unspecified atom stereocenters. The summed E-state index contributed by atoms with van der Waals surface area (Å²) in [5.41, 5.74) is 0.604. The number of hydrogen-bond donors (Lipinski definition) is 1. The summed E-state index contributed by atoms with van der Waals surface area (Å²) in [6.45, 7) is 2.53. The minimum atomic E-state index is -0.698. The third-order valence-corrected chi connectivity index (χ3v) is 4.41. The highest BCUT2D eigenvalue weighted by molar-refractivity contribution is 7.09. The van der Waals surface area contributed by atoms with E-state index in [9.17, 15) is 9.50 Å². The molecule has 0 spiro atoms. The van der Waals surface area contributed by atoms with E-state index in [1.807, 2.05) is 5.38 Å². The van der Waals surface area contributed by atoms with Crippen LogP contribution in [0.3, 0.4) is 0 Å². The van der Waals surface area contributed by atoms with Gasteiger partial charge in [0.1, 0.15) is 16.9 Å². The Balaban J connectivity index is 1.62. The summed E-state index contributed by atoms with van der Waals surface area (Å²) in [7, 11) is 0. The Hall–Kier alpha value is -1.34. The lowest BCUT2D eigenvalue weighted by Gasteiger charge is -2.33. The van der Waals surface area contributed by atoms with E-state index in [0.717, 1.165) is 11.6 Å². The van der Waals surface area contributed by atoms with Crippen LogP contribution in [-0.4, -0.2) is 41.2 Å². The number of β-amino-alcohol motifs (C(OH)–C–C–N with tert-alkyl or cyclic N) is 1. The zero-order valence-corrected chi connectivity index (χ0v) is 12.3. The molecular formula is C15H17FN2O2S. The molecule has 2 aromatic rings. The van der Waals surface area contributed by atoms with Gasteiger partial charge in [0, 0.05) is 31.2 Å². The molecule has 0 saturated carbocycles. The highest BCUT2D eigenvalue weighted by atomic mass is 32.1. The number of hydrogen-bond acceptors (Lipinski definition) is 5. The molecule has 1 N–H and O–H groups in total. The summed E-state index contributed by atoms with van der Waals surface area (Å²) in [6.07, 6.45) is 1.03. The Labute approximate surface area is 126 Å². The number of morpholine rings is 1. The molecule has 0 amide bonds. The molecule has 0 bridgehead atoms. The number of nitrogens with zero attached hydrogens (tertiary/aromatic N) is 2. The van der Waals surface area contributed by atoms with Gasteiger partial charge in [-0.1, -0.05) is 12.1 Å². The lowest BCUT2D eigenvalue weighted by molar-refractivity contribution is -0.0424. The predicted octanol–water partition coefficient (Wildman–Crippen LogP) is 2.39. The van der Waals surface area contributed by atoms with Gasteiger partial charge in [-0.25, -0.2) is 9.37 Å². The zero-order chi connectivity index (χ0) is 14.7. The Bertz CT molecular complexity index is 579. The Morgan fingerprint density at radius 3 is 3.19 bits per heavy atom. The number of aliphatic hydroxyl groups excluding tert-OH is 1. The molecule has 0 radical (unpaired) electrons. The first kappa shape index (κ1) is 14.6. The van der Waals surface area contributed by atoms with Crippen molar-refractivity contribution < 1.29 is 14.2 Å². The van der Waals surface area contributed by atoms with Crippen LogP contribution in [0.25, 0.3) is 0 Å². The van der Waals surface area contributed by atoms with Crippen LogP contribution >= 0.6 is 11.3 Å². The summed E-state index contributed by atoms with van der Waals surface area (Å²) >= 11 is 1.57. The van der Waals surface area contributed by atoms with Crippen molar-refractivity contribution >= 4 is 11.3 Å². The van der Waals surface area contributed by atoms with E-state index in [2.05, 4.69) is 9.88 Å². The maximum Gasteiger partial charge on any atom is 0.123 e. The van der Waals surface area contributed by atoms with E-state index in [4.69, 9.17) is 4.74 Å². The minimum Gasteiger partial charge on any atom is -0.387 e. The fourth-order valence-corrected chi connectivity index (χ4v) is 3.15. The lowest BCUT2D eigenvalue weighted by Crippen LogP contribution is -2.40. The van der Waals surface area contributed by atoms with E-state index < -0.39 is 6.10 Å². The molecule has 1 fully saturated rings. The van der Waals surface area contributed by atoms with Crippen LogP contribution in [0.1, 0.15) is 22.8 Å². The second-order valence-corrected chi connectivity index (χ2v) is 5.99. The molecule has 1 aromatic carbocycles. The number of benzene rings is 1. The van der Waals surface area contributed by atoms with Crippen molar-refractivity contribution in [3.63, 3.8) is 0 Å². The van der Waals surface area contributed by atoms with Gasteiger partial charge in [-0.3, -0.25) is 4.90 Å². The van der Waals surface area contributed by atoms with Crippen molar-refractivity contribution in [2.75, 3.05) is 26.2 Å². The van der Waals surface area contributed by atoms with Gasteiger partial charge in [0.25, 0.3) is 0 Å². The fraction of sp³-hybridized carbons (Fsp3) is 0.400. The molecule has 1 aliphatic rings. The van der Waals surface area contributed by atoms with Crippen molar-refractivity contribution in [2.45, 2.75) is 12.2 Å². The molecule has 21 heavy (non-hydrogen) atoms. The lowest BCUT2D eigenvalue weighted by atomic mass is 10.1. The Morgan fingerprint density at radius 2 is 2.43 bits per heavy atom. The quantitative estimate of drug-likeness (QED) is 0.942. The second kappa shape index (κ2) is 6.62. The minimum absolute atomic E-state index is 0.0431. The summed E-state index contributed by atoms with van der Waals surface area (Å²) in [5, 5.41) is 13.1. The molecule has 4 nitrogen and oxygen atoms in total. The number of thiazole rings is 1. The van der Waals surface area contributed by atoms with Crippen LogP contribution < -0.4 is 0 Å². The number of ether oxygens (including phenoxy) is 1. The molecule has 1 aromatic heterocycles. The molecule has 2 atom stereocenters. The molecule has 6 heteroatoms. The molecule has 3 rings (SSSR count). The van der Waals surface area contributed by atoms with Crippen molar-refractivity contribution in [3.8, 4) is 0 Å². The van der Waals surface area contributed by atoms with E-state index in [1.54, 1.807) is 29.7 Å². The van der Waals surface area contributed by atoms with E-state index >= 15 is 0 Å². The van der Waals surface area contributed by atoms with Crippen molar-refractivity contribution in [2.24, 2.45) is 0 Å². The van der Waals surface area contributed by atoms with Gasteiger partial charge in [0.15, 0.2) is 0 Å². The molecule has 112 valence electrons. The summed E-state index contributed by atoms with van der Waals surface area (Å²) in [4.78, 5) is 6.41. The van der Waals surface area contributed by atoms with E-state index in [-0.39, 0.29) is 11.9 Å². The fourth-order valence-electron chi connectivity index (χ4n) is 2.48. The SMILES string of the molecule is O[C@H](CN1CCO[C@@H](c2nccs2)C1)c1cccc(F)c1. The highest BCUT2D eigenvalue weighted by Gasteiger charge is 2.25. The summed E-state index contributed by atoms with van der Waals surface area (Å²) < 4.78 is 18.9. The third-order valence-electron chi connectivity index (χ3n) is 3.54. The Morgan fingerprint density at radius 1 is 1.52 bits per heavy atom. The largest absolute Gasteiger partial charge is 0.387 e. The van der Waals surface area contributed by atoms with Crippen LogP contribution in [0.15, 0.2) is 35.8 Å². The maximum absolute atomic E-state index is 13.2. The maximum atomic E-state index is 13.2. The predicted molar refractivity (Wildman–Crippen MR) is 78.6 cm³/mol. The van der Waals surface area contributed by atoms with Gasteiger partial charge in [-0.05, 0) is 17.7 Å².